The van der Waals surface area contributed by atoms with Crippen LogP contribution in [0.25, 0.3) is 0 Å². The van der Waals surface area contributed by atoms with E-state index in [1.54, 1.807) is 4.90 Å². The predicted molar refractivity (Wildman–Crippen MR) is 84.0 cm³/mol. The molecule has 0 bridgehead atoms. The highest BCUT2D eigenvalue weighted by Crippen LogP contribution is 2.21. The molecule has 2 amide bonds. The number of carbonyl (C=O) groups excluding carboxylic acids is 2. The molecule has 2 atom stereocenters. The second-order valence-electron chi connectivity index (χ2n) is 5.72. The molecule has 114 valence electrons. The van der Waals surface area contributed by atoms with Crippen molar-refractivity contribution in [3.8, 4) is 0 Å². The SMILES string of the molecule is CCCC(C)C(=O)NC1CCCN(c2ccccc2)C1=O. The van der Waals surface area contributed by atoms with E-state index in [2.05, 4.69) is 12.2 Å². The molecule has 0 aromatic heterocycles. The van der Waals surface area contributed by atoms with Gasteiger partial charge in [0.15, 0.2) is 0 Å². The number of para-hydroxylation sites is 1. The number of nitrogens with zero attached hydrogens (tertiary/aromatic N) is 1. The van der Waals surface area contributed by atoms with Crippen molar-refractivity contribution in [2.24, 2.45) is 5.92 Å². The summed E-state index contributed by atoms with van der Waals surface area (Å²) in [5.41, 5.74) is 0.906. The van der Waals surface area contributed by atoms with E-state index in [-0.39, 0.29) is 23.8 Å². The number of piperidine rings is 1. The normalized spacial score (nSPS) is 20.2. The van der Waals surface area contributed by atoms with Crippen LogP contribution >= 0.6 is 0 Å². The minimum Gasteiger partial charge on any atom is -0.344 e. The van der Waals surface area contributed by atoms with Crippen LogP contribution in [0, 0.1) is 5.92 Å². The van der Waals surface area contributed by atoms with Gasteiger partial charge in [-0.3, -0.25) is 9.59 Å². The standard InChI is InChI=1S/C17H24N2O2/c1-3-8-13(2)16(20)18-15-11-7-12-19(17(15)21)14-9-5-4-6-10-14/h4-6,9-10,13,15H,3,7-8,11-12H2,1-2H3,(H,18,20). The van der Waals surface area contributed by atoms with E-state index in [4.69, 9.17) is 0 Å². The van der Waals surface area contributed by atoms with E-state index in [9.17, 15) is 9.59 Å². The maximum atomic E-state index is 12.6. The summed E-state index contributed by atoms with van der Waals surface area (Å²) >= 11 is 0. The van der Waals surface area contributed by atoms with Gasteiger partial charge in [0.1, 0.15) is 6.04 Å². The lowest BCUT2D eigenvalue weighted by atomic mass is 10.0. The van der Waals surface area contributed by atoms with Crippen molar-refractivity contribution in [3.63, 3.8) is 0 Å². The zero-order valence-corrected chi connectivity index (χ0v) is 12.8. The highest BCUT2D eigenvalue weighted by atomic mass is 16.2. The maximum Gasteiger partial charge on any atom is 0.249 e. The summed E-state index contributed by atoms with van der Waals surface area (Å²) in [6.07, 6.45) is 3.47. The van der Waals surface area contributed by atoms with Gasteiger partial charge >= 0.3 is 0 Å². The Balaban J connectivity index is 2.02. The van der Waals surface area contributed by atoms with Crippen LogP contribution in [-0.4, -0.2) is 24.4 Å². The van der Waals surface area contributed by atoms with Crippen LogP contribution in [0.5, 0.6) is 0 Å². The molecule has 1 aliphatic rings. The Morgan fingerprint density at radius 3 is 2.76 bits per heavy atom. The highest BCUT2D eigenvalue weighted by Gasteiger charge is 2.31. The summed E-state index contributed by atoms with van der Waals surface area (Å²) in [5.74, 6) is -0.0375. The number of hydrogen-bond acceptors (Lipinski definition) is 2. The molecular formula is C17H24N2O2. The van der Waals surface area contributed by atoms with Gasteiger partial charge in [-0.15, -0.1) is 0 Å². The number of rotatable bonds is 5. The van der Waals surface area contributed by atoms with E-state index in [0.717, 1.165) is 37.9 Å². The van der Waals surface area contributed by atoms with Crippen LogP contribution in [0.1, 0.15) is 39.5 Å². The van der Waals surface area contributed by atoms with Crippen LogP contribution in [0.3, 0.4) is 0 Å². The van der Waals surface area contributed by atoms with Crippen LogP contribution in [-0.2, 0) is 9.59 Å². The molecule has 21 heavy (non-hydrogen) atoms. The van der Waals surface area contributed by atoms with Gasteiger partial charge in [0.05, 0.1) is 0 Å². The summed E-state index contributed by atoms with van der Waals surface area (Å²) in [6, 6.07) is 9.26. The van der Waals surface area contributed by atoms with Crippen molar-refractivity contribution in [1.82, 2.24) is 5.32 Å². The molecule has 1 N–H and O–H groups in total. The molecule has 0 spiro atoms. The van der Waals surface area contributed by atoms with Gasteiger partial charge in [-0.25, -0.2) is 0 Å². The molecule has 4 heteroatoms. The average Bonchev–Trinajstić information content (AvgIpc) is 2.50. The lowest BCUT2D eigenvalue weighted by Gasteiger charge is -2.33. The molecule has 0 saturated carbocycles. The molecule has 1 heterocycles. The number of hydrogen-bond donors (Lipinski definition) is 1. The summed E-state index contributed by atoms with van der Waals surface area (Å²) in [4.78, 5) is 26.4. The van der Waals surface area contributed by atoms with Crippen LogP contribution in [0.2, 0.25) is 0 Å². The smallest absolute Gasteiger partial charge is 0.249 e. The van der Waals surface area contributed by atoms with Gasteiger partial charge in [-0.2, -0.15) is 0 Å². The van der Waals surface area contributed by atoms with Gasteiger partial charge in [0, 0.05) is 18.2 Å². The number of nitrogens with one attached hydrogen (secondary N) is 1. The molecule has 1 aromatic rings. The number of amides is 2. The molecule has 1 saturated heterocycles. The fraction of sp³-hybridized carbons (Fsp3) is 0.529. The van der Waals surface area contributed by atoms with Crippen molar-refractivity contribution >= 4 is 17.5 Å². The minimum absolute atomic E-state index is 0.00417. The fourth-order valence-electron chi connectivity index (χ4n) is 2.75. The summed E-state index contributed by atoms with van der Waals surface area (Å²) < 4.78 is 0. The fourth-order valence-corrected chi connectivity index (χ4v) is 2.75. The molecule has 0 radical (unpaired) electrons. The monoisotopic (exact) mass is 288 g/mol. The first kappa shape index (κ1) is 15.5. The zero-order valence-electron chi connectivity index (χ0n) is 12.8. The van der Waals surface area contributed by atoms with Gasteiger partial charge < -0.3 is 10.2 Å². The topological polar surface area (TPSA) is 49.4 Å². The van der Waals surface area contributed by atoms with Crippen molar-refractivity contribution in [2.75, 3.05) is 11.4 Å². The Kier molecular flexibility index (Phi) is 5.37. The molecule has 0 aliphatic carbocycles. The third-order valence-electron chi connectivity index (χ3n) is 3.99. The van der Waals surface area contributed by atoms with E-state index >= 15 is 0 Å². The first-order valence-corrected chi connectivity index (χ1v) is 7.80. The molecule has 4 nitrogen and oxygen atoms in total. The first-order valence-electron chi connectivity index (χ1n) is 7.80. The summed E-state index contributed by atoms with van der Waals surface area (Å²) in [7, 11) is 0. The van der Waals surface area contributed by atoms with Crippen LogP contribution in [0.15, 0.2) is 30.3 Å². The van der Waals surface area contributed by atoms with Crippen molar-refractivity contribution in [3.05, 3.63) is 30.3 Å². The second-order valence-corrected chi connectivity index (χ2v) is 5.72. The van der Waals surface area contributed by atoms with E-state index < -0.39 is 0 Å². The number of benzene rings is 1. The molecule has 2 unspecified atom stereocenters. The number of carbonyl (C=O) groups is 2. The molecular weight excluding hydrogens is 264 g/mol. The molecule has 1 fully saturated rings. The van der Waals surface area contributed by atoms with Gasteiger partial charge in [-0.05, 0) is 31.4 Å². The van der Waals surface area contributed by atoms with Gasteiger partial charge in [-0.1, -0.05) is 38.5 Å². The lowest BCUT2D eigenvalue weighted by molar-refractivity contribution is -0.130. The zero-order chi connectivity index (χ0) is 15.2. The lowest BCUT2D eigenvalue weighted by Crippen LogP contribution is -2.53. The van der Waals surface area contributed by atoms with Crippen molar-refractivity contribution < 1.29 is 9.59 Å². The molecule has 1 aromatic carbocycles. The maximum absolute atomic E-state index is 12.6. The van der Waals surface area contributed by atoms with E-state index in [1.165, 1.54) is 0 Å². The van der Waals surface area contributed by atoms with Gasteiger partial charge in [0.2, 0.25) is 11.8 Å². The Morgan fingerprint density at radius 1 is 1.38 bits per heavy atom. The summed E-state index contributed by atoms with van der Waals surface area (Å²) in [5, 5.41) is 2.92. The number of anilines is 1. The van der Waals surface area contributed by atoms with E-state index in [0.29, 0.717) is 0 Å². The second kappa shape index (κ2) is 7.25. The third kappa shape index (κ3) is 3.84. The predicted octanol–water partition coefficient (Wildman–Crippen LogP) is 2.73. The Labute approximate surface area is 126 Å². The molecule has 2 rings (SSSR count). The Hall–Kier alpha value is -1.84. The van der Waals surface area contributed by atoms with E-state index in [1.807, 2.05) is 37.3 Å². The third-order valence-corrected chi connectivity index (χ3v) is 3.99. The first-order chi connectivity index (χ1) is 10.1. The minimum atomic E-state index is -0.384. The highest BCUT2D eigenvalue weighted by molar-refractivity contribution is 6.00. The Bertz CT molecular complexity index is 487. The van der Waals surface area contributed by atoms with Crippen molar-refractivity contribution in [2.45, 2.75) is 45.6 Å². The molecule has 1 aliphatic heterocycles. The Morgan fingerprint density at radius 2 is 2.10 bits per heavy atom. The van der Waals surface area contributed by atoms with Crippen molar-refractivity contribution in [1.29, 1.82) is 0 Å². The average molecular weight is 288 g/mol. The van der Waals surface area contributed by atoms with Crippen LogP contribution < -0.4 is 10.2 Å². The largest absolute Gasteiger partial charge is 0.344 e. The summed E-state index contributed by atoms with van der Waals surface area (Å²) in [6.45, 7) is 4.70. The van der Waals surface area contributed by atoms with Gasteiger partial charge in [0.25, 0.3) is 0 Å². The quantitative estimate of drug-likeness (QED) is 0.905. The van der Waals surface area contributed by atoms with Crippen LogP contribution in [0.4, 0.5) is 5.69 Å².